The average molecular weight is 404 g/mol. The van der Waals surface area contributed by atoms with Crippen LogP contribution in [-0.2, 0) is 4.74 Å². The molecular weight excluding hydrogens is 382 g/mol. The lowest BCUT2D eigenvalue weighted by atomic mass is 10.1. The molecule has 146 valence electrons. The van der Waals surface area contributed by atoms with Crippen LogP contribution in [0.1, 0.15) is 24.1 Å². The third-order valence-corrected chi connectivity index (χ3v) is 7.04. The van der Waals surface area contributed by atoms with Crippen molar-refractivity contribution in [2.75, 3.05) is 31.2 Å². The van der Waals surface area contributed by atoms with E-state index >= 15 is 0 Å². The van der Waals surface area contributed by atoms with Gasteiger partial charge in [-0.25, -0.2) is 0 Å². The summed E-state index contributed by atoms with van der Waals surface area (Å²) in [7, 11) is 0. The minimum absolute atomic E-state index is 0.124. The third kappa shape index (κ3) is 2.86. The van der Waals surface area contributed by atoms with Crippen LogP contribution >= 0.6 is 11.3 Å². The molecule has 2 atom stereocenters. The van der Waals surface area contributed by atoms with Crippen LogP contribution in [0.2, 0.25) is 0 Å². The number of morpholine rings is 1. The first-order chi connectivity index (χ1) is 14.3. The smallest absolute Gasteiger partial charge is 0.261 e. The van der Waals surface area contributed by atoms with Crippen molar-refractivity contribution in [3.05, 3.63) is 70.1 Å². The SMILES string of the molecule is O=c1c2c(N3CCOCC3)csc2ccn1[C@@H]1C[C@@H]1c1ccc2ccccc2n1. The Morgan fingerprint density at radius 3 is 2.83 bits per heavy atom. The standard InChI is InChI=1S/C23H21N3O2S/c27-23-22-20(25-9-11-28-12-10-25)14-29-21(22)7-8-26(23)19-13-16(19)18-6-5-15-3-1-2-4-17(15)24-18/h1-8,14,16,19H,9-13H2/t16-,19-/m1/s1. The predicted octanol–water partition coefficient (Wildman–Crippen LogP) is 4.18. The molecule has 1 saturated carbocycles. The summed E-state index contributed by atoms with van der Waals surface area (Å²) < 4.78 is 8.47. The second-order valence-electron chi connectivity index (χ2n) is 7.83. The van der Waals surface area contributed by atoms with Crippen LogP contribution in [0, 0.1) is 0 Å². The van der Waals surface area contributed by atoms with E-state index in [0.29, 0.717) is 5.92 Å². The summed E-state index contributed by atoms with van der Waals surface area (Å²) in [5.74, 6) is 0.306. The van der Waals surface area contributed by atoms with Gasteiger partial charge >= 0.3 is 0 Å². The molecule has 0 amide bonds. The largest absolute Gasteiger partial charge is 0.378 e. The number of pyridine rings is 2. The normalized spacial score (nSPS) is 21.7. The zero-order valence-corrected chi connectivity index (χ0v) is 16.8. The van der Waals surface area contributed by atoms with E-state index in [1.54, 1.807) is 11.3 Å². The van der Waals surface area contributed by atoms with Crippen molar-refractivity contribution >= 4 is 38.0 Å². The Labute approximate surface area is 172 Å². The summed E-state index contributed by atoms with van der Waals surface area (Å²) in [5.41, 5.74) is 3.29. The maximum Gasteiger partial charge on any atom is 0.261 e. The van der Waals surface area contributed by atoms with Gasteiger partial charge in [0.2, 0.25) is 0 Å². The summed E-state index contributed by atoms with van der Waals surface area (Å²) in [4.78, 5) is 20.5. The molecule has 4 heterocycles. The Bertz CT molecular complexity index is 1270. The van der Waals surface area contributed by atoms with E-state index in [-0.39, 0.29) is 11.6 Å². The van der Waals surface area contributed by atoms with Gasteiger partial charge in [0.25, 0.3) is 5.56 Å². The minimum Gasteiger partial charge on any atom is -0.378 e. The number of para-hydroxylation sites is 1. The van der Waals surface area contributed by atoms with Crippen LogP contribution in [0.4, 0.5) is 5.69 Å². The number of ether oxygens (including phenoxy) is 1. The highest BCUT2D eigenvalue weighted by molar-refractivity contribution is 7.17. The van der Waals surface area contributed by atoms with E-state index in [0.717, 1.165) is 65.1 Å². The average Bonchev–Trinajstić information content (AvgIpc) is 3.44. The number of fused-ring (bicyclic) bond motifs is 2. The van der Waals surface area contributed by atoms with Crippen LogP contribution in [-0.4, -0.2) is 35.9 Å². The summed E-state index contributed by atoms with van der Waals surface area (Å²) in [5, 5.41) is 4.13. The number of nitrogens with zero attached hydrogens (tertiary/aromatic N) is 3. The first kappa shape index (κ1) is 17.2. The van der Waals surface area contributed by atoms with Gasteiger partial charge in [0.15, 0.2) is 0 Å². The Morgan fingerprint density at radius 1 is 1.07 bits per heavy atom. The van der Waals surface area contributed by atoms with Crippen LogP contribution < -0.4 is 10.5 Å². The minimum atomic E-state index is 0.124. The van der Waals surface area contributed by atoms with Crippen molar-refractivity contribution in [2.24, 2.45) is 0 Å². The van der Waals surface area contributed by atoms with E-state index in [1.165, 1.54) is 0 Å². The van der Waals surface area contributed by atoms with Crippen molar-refractivity contribution in [2.45, 2.75) is 18.4 Å². The Kier molecular flexibility index (Phi) is 3.96. The molecule has 1 aliphatic heterocycles. The van der Waals surface area contributed by atoms with Crippen molar-refractivity contribution in [3.63, 3.8) is 0 Å². The molecule has 1 aromatic carbocycles. The number of benzene rings is 1. The van der Waals surface area contributed by atoms with E-state index in [2.05, 4.69) is 40.6 Å². The first-order valence-corrected chi connectivity index (χ1v) is 11.0. The van der Waals surface area contributed by atoms with Crippen molar-refractivity contribution in [1.29, 1.82) is 0 Å². The Hall–Kier alpha value is -2.70. The van der Waals surface area contributed by atoms with Crippen molar-refractivity contribution < 1.29 is 4.74 Å². The molecule has 5 nitrogen and oxygen atoms in total. The second-order valence-corrected chi connectivity index (χ2v) is 8.74. The first-order valence-electron chi connectivity index (χ1n) is 10.1. The van der Waals surface area contributed by atoms with Gasteiger partial charge in [0.05, 0.1) is 29.8 Å². The summed E-state index contributed by atoms with van der Waals surface area (Å²) in [6.45, 7) is 3.12. The van der Waals surface area contributed by atoms with Gasteiger partial charge < -0.3 is 14.2 Å². The number of rotatable bonds is 3. The molecule has 2 fully saturated rings. The highest BCUT2D eigenvalue weighted by Crippen LogP contribution is 2.50. The quantitative estimate of drug-likeness (QED) is 0.515. The number of hydrogen-bond acceptors (Lipinski definition) is 5. The van der Waals surface area contributed by atoms with Gasteiger partial charge in [-0.3, -0.25) is 9.78 Å². The molecule has 4 aromatic rings. The molecule has 1 aliphatic carbocycles. The second kappa shape index (κ2) is 6.68. The maximum absolute atomic E-state index is 13.4. The van der Waals surface area contributed by atoms with Gasteiger partial charge in [-0.15, -0.1) is 11.3 Å². The predicted molar refractivity (Wildman–Crippen MR) is 117 cm³/mol. The highest BCUT2D eigenvalue weighted by atomic mass is 32.1. The van der Waals surface area contributed by atoms with Crippen LogP contribution in [0.25, 0.3) is 21.0 Å². The fourth-order valence-electron chi connectivity index (χ4n) is 4.44. The third-order valence-electron chi connectivity index (χ3n) is 6.10. The number of anilines is 1. The van der Waals surface area contributed by atoms with Crippen LogP contribution in [0.3, 0.4) is 0 Å². The molecule has 0 N–H and O–H groups in total. The summed E-state index contributed by atoms with van der Waals surface area (Å²) >= 11 is 1.65. The Balaban J connectivity index is 1.36. The highest BCUT2D eigenvalue weighted by Gasteiger charge is 2.42. The molecule has 6 heteroatoms. The van der Waals surface area contributed by atoms with Gasteiger partial charge in [0.1, 0.15) is 0 Å². The zero-order chi connectivity index (χ0) is 19.4. The molecule has 1 saturated heterocycles. The molecule has 2 aliphatic rings. The van der Waals surface area contributed by atoms with Gasteiger partial charge in [-0.1, -0.05) is 24.3 Å². The topological polar surface area (TPSA) is 47.4 Å². The monoisotopic (exact) mass is 403 g/mol. The Morgan fingerprint density at radius 2 is 1.93 bits per heavy atom. The fraction of sp³-hybridized carbons (Fsp3) is 0.304. The van der Waals surface area contributed by atoms with Gasteiger partial charge in [-0.2, -0.15) is 0 Å². The van der Waals surface area contributed by atoms with E-state index in [9.17, 15) is 4.79 Å². The molecule has 29 heavy (non-hydrogen) atoms. The molecule has 3 aromatic heterocycles. The number of hydrogen-bond donors (Lipinski definition) is 0. The fourth-order valence-corrected chi connectivity index (χ4v) is 5.39. The molecule has 6 rings (SSSR count). The maximum atomic E-state index is 13.4. The molecule has 0 radical (unpaired) electrons. The van der Waals surface area contributed by atoms with Crippen molar-refractivity contribution in [1.82, 2.24) is 9.55 Å². The molecule has 0 spiro atoms. The number of thiophene rings is 1. The van der Waals surface area contributed by atoms with Crippen LogP contribution in [0.15, 0.2) is 58.8 Å². The molecule has 0 unspecified atom stereocenters. The van der Waals surface area contributed by atoms with Crippen molar-refractivity contribution in [3.8, 4) is 0 Å². The van der Waals surface area contributed by atoms with Gasteiger partial charge in [-0.05, 0) is 24.6 Å². The summed E-state index contributed by atoms with van der Waals surface area (Å²) in [6, 6.07) is 14.7. The lowest BCUT2D eigenvalue weighted by molar-refractivity contribution is 0.123. The lowest BCUT2D eigenvalue weighted by Crippen LogP contribution is -2.36. The van der Waals surface area contributed by atoms with E-state index in [1.807, 2.05) is 22.9 Å². The summed E-state index contributed by atoms with van der Waals surface area (Å²) in [6.07, 6.45) is 2.93. The van der Waals surface area contributed by atoms with Gasteiger partial charge in [0, 0.05) is 52.4 Å². The van der Waals surface area contributed by atoms with Crippen LogP contribution in [0.5, 0.6) is 0 Å². The zero-order valence-electron chi connectivity index (χ0n) is 16.0. The molecule has 0 bridgehead atoms. The van der Waals surface area contributed by atoms with E-state index < -0.39 is 0 Å². The molecular formula is C23H21N3O2S. The lowest BCUT2D eigenvalue weighted by Gasteiger charge is -2.28. The number of aromatic nitrogens is 2. The van der Waals surface area contributed by atoms with E-state index in [4.69, 9.17) is 9.72 Å².